The third kappa shape index (κ3) is 3.17. The topological polar surface area (TPSA) is 14.2 Å². The number of hydrogen-bond acceptors (Lipinski definition) is 1. The average Bonchev–Trinajstić information content (AvgIpc) is 2.83. The number of alkyl halides is 3. The summed E-state index contributed by atoms with van der Waals surface area (Å²) >= 11 is 0. The van der Waals surface area contributed by atoms with Crippen molar-refractivity contribution in [3.63, 3.8) is 0 Å². The minimum absolute atomic E-state index is 0.558. The van der Waals surface area contributed by atoms with Crippen LogP contribution in [0.3, 0.4) is 0 Å². The third-order valence-electron chi connectivity index (χ3n) is 2.87. The normalized spacial score (nSPS) is 11.8. The number of ether oxygens (including phenoxy) is 1. The van der Waals surface area contributed by atoms with Crippen LogP contribution in [-0.4, -0.2) is 18.3 Å². The second-order valence-corrected chi connectivity index (χ2v) is 4.15. The maximum absolute atomic E-state index is 12.5. The third-order valence-corrected chi connectivity index (χ3v) is 2.87. The van der Waals surface area contributed by atoms with Crippen molar-refractivity contribution >= 4 is 0 Å². The second kappa shape index (κ2) is 5.48. The highest BCUT2D eigenvalue weighted by atomic mass is 19.4. The lowest BCUT2D eigenvalue weighted by molar-refractivity contribution is -0.137. The number of rotatable bonds is 4. The molecule has 19 heavy (non-hydrogen) atoms. The van der Waals surface area contributed by atoms with Gasteiger partial charge in [-0.1, -0.05) is 12.1 Å². The lowest BCUT2D eigenvalue weighted by Gasteiger charge is -2.10. The fourth-order valence-electron chi connectivity index (χ4n) is 1.89. The van der Waals surface area contributed by atoms with Crippen molar-refractivity contribution in [2.45, 2.75) is 12.7 Å². The van der Waals surface area contributed by atoms with Gasteiger partial charge in [0, 0.05) is 25.5 Å². The monoisotopic (exact) mass is 269 g/mol. The molecule has 0 saturated carbocycles. The van der Waals surface area contributed by atoms with E-state index in [1.807, 2.05) is 22.9 Å². The van der Waals surface area contributed by atoms with Crippen molar-refractivity contribution in [2.75, 3.05) is 13.7 Å². The minimum atomic E-state index is -4.30. The summed E-state index contributed by atoms with van der Waals surface area (Å²) in [6.45, 7) is 1.22. The van der Waals surface area contributed by atoms with Crippen molar-refractivity contribution in [1.82, 2.24) is 4.57 Å². The first-order chi connectivity index (χ1) is 9.02. The smallest absolute Gasteiger partial charge is 0.383 e. The molecular weight excluding hydrogens is 255 g/mol. The molecule has 2 nitrogen and oxygen atoms in total. The minimum Gasteiger partial charge on any atom is -0.383 e. The highest BCUT2D eigenvalue weighted by Crippen LogP contribution is 2.31. The van der Waals surface area contributed by atoms with Crippen molar-refractivity contribution < 1.29 is 17.9 Å². The molecule has 0 bridgehead atoms. The van der Waals surface area contributed by atoms with Gasteiger partial charge in [-0.2, -0.15) is 13.2 Å². The largest absolute Gasteiger partial charge is 0.416 e. The molecule has 1 aromatic heterocycles. The molecule has 0 saturated heterocycles. The van der Waals surface area contributed by atoms with Crippen LogP contribution in [0.15, 0.2) is 42.6 Å². The highest BCUT2D eigenvalue weighted by molar-refractivity contribution is 5.60. The number of halogens is 3. The number of hydrogen-bond donors (Lipinski definition) is 0. The molecule has 0 aliphatic rings. The molecular formula is C14H14F3NO. The number of benzene rings is 1. The van der Waals surface area contributed by atoms with E-state index in [9.17, 15) is 13.2 Å². The predicted octanol–water partition coefficient (Wildman–Crippen LogP) is 3.82. The number of aromatic nitrogens is 1. The number of methoxy groups -OCH3 is 1. The van der Waals surface area contributed by atoms with Crippen LogP contribution in [-0.2, 0) is 17.5 Å². The molecule has 0 N–H and O–H groups in total. The quantitative estimate of drug-likeness (QED) is 0.823. The summed E-state index contributed by atoms with van der Waals surface area (Å²) in [5.74, 6) is 0. The first-order valence-corrected chi connectivity index (χ1v) is 5.84. The van der Waals surface area contributed by atoms with Gasteiger partial charge in [0.15, 0.2) is 0 Å². The Hall–Kier alpha value is -1.75. The first kappa shape index (κ1) is 13.7. The second-order valence-electron chi connectivity index (χ2n) is 4.15. The van der Waals surface area contributed by atoms with Crippen molar-refractivity contribution in [3.05, 3.63) is 48.2 Å². The first-order valence-electron chi connectivity index (χ1n) is 5.84. The molecule has 0 fully saturated rings. The predicted molar refractivity (Wildman–Crippen MR) is 66.7 cm³/mol. The van der Waals surface area contributed by atoms with E-state index in [-0.39, 0.29) is 0 Å². The summed E-state index contributed by atoms with van der Waals surface area (Å²) in [5.41, 5.74) is 1.01. The Morgan fingerprint density at radius 3 is 2.37 bits per heavy atom. The molecule has 1 heterocycles. The summed E-state index contributed by atoms with van der Waals surface area (Å²) in [7, 11) is 1.61. The Balaban J connectivity index is 2.25. The molecule has 2 aromatic rings. The lowest BCUT2D eigenvalue weighted by atomic mass is 10.1. The van der Waals surface area contributed by atoms with Crippen LogP contribution in [0.1, 0.15) is 5.56 Å². The van der Waals surface area contributed by atoms with Gasteiger partial charge in [-0.05, 0) is 29.8 Å². The molecule has 102 valence electrons. The maximum atomic E-state index is 12.5. The fourth-order valence-corrected chi connectivity index (χ4v) is 1.89. The Morgan fingerprint density at radius 1 is 1.11 bits per heavy atom. The van der Waals surface area contributed by atoms with Gasteiger partial charge in [0.05, 0.1) is 12.2 Å². The van der Waals surface area contributed by atoms with E-state index in [0.29, 0.717) is 13.2 Å². The number of nitrogens with zero attached hydrogens (tertiary/aromatic N) is 1. The van der Waals surface area contributed by atoms with Crippen molar-refractivity contribution in [1.29, 1.82) is 0 Å². The SMILES string of the molecule is COCCn1cccc1-c1ccc(C(F)(F)F)cc1. The Labute approximate surface area is 109 Å². The van der Waals surface area contributed by atoms with Gasteiger partial charge in [-0.25, -0.2) is 0 Å². The summed E-state index contributed by atoms with van der Waals surface area (Å²) in [4.78, 5) is 0. The van der Waals surface area contributed by atoms with Crippen LogP contribution >= 0.6 is 0 Å². The van der Waals surface area contributed by atoms with Crippen LogP contribution in [0.4, 0.5) is 13.2 Å². The van der Waals surface area contributed by atoms with Gasteiger partial charge in [-0.3, -0.25) is 0 Å². The zero-order valence-electron chi connectivity index (χ0n) is 10.4. The van der Waals surface area contributed by atoms with Crippen LogP contribution in [0.2, 0.25) is 0 Å². The summed E-state index contributed by atoms with van der Waals surface area (Å²) < 4.78 is 44.4. The molecule has 0 radical (unpaired) electrons. The van der Waals surface area contributed by atoms with Gasteiger partial charge >= 0.3 is 6.18 Å². The van der Waals surface area contributed by atoms with E-state index in [2.05, 4.69) is 0 Å². The van der Waals surface area contributed by atoms with E-state index in [1.54, 1.807) is 7.11 Å². The summed E-state index contributed by atoms with van der Waals surface area (Å²) in [6, 6.07) is 8.91. The molecule has 0 aliphatic carbocycles. The lowest BCUT2D eigenvalue weighted by Crippen LogP contribution is -2.06. The highest BCUT2D eigenvalue weighted by Gasteiger charge is 2.30. The fraction of sp³-hybridized carbons (Fsp3) is 0.286. The average molecular weight is 269 g/mol. The summed E-state index contributed by atoms with van der Waals surface area (Å²) in [5, 5.41) is 0. The van der Waals surface area contributed by atoms with Crippen molar-refractivity contribution in [3.8, 4) is 11.3 Å². The zero-order valence-corrected chi connectivity index (χ0v) is 10.4. The van der Waals surface area contributed by atoms with Gasteiger partial charge in [-0.15, -0.1) is 0 Å². The van der Waals surface area contributed by atoms with E-state index >= 15 is 0 Å². The molecule has 0 unspecified atom stereocenters. The summed E-state index contributed by atoms with van der Waals surface area (Å²) in [6.07, 6.45) is -2.41. The van der Waals surface area contributed by atoms with Crippen LogP contribution in [0.5, 0.6) is 0 Å². The van der Waals surface area contributed by atoms with Gasteiger partial charge < -0.3 is 9.30 Å². The zero-order chi connectivity index (χ0) is 13.9. The van der Waals surface area contributed by atoms with Crippen LogP contribution < -0.4 is 0 Å². The standard InChI is InChI=1S/C14H14F3NO/c1-19-10-9-18-8-2-3-13(18)11-4-6-12(7-5-11)14(15,16)17/h2-8H,9-10H2,1H3. The maximum Gasteiger partial charge on any atom is 0.416 e. The Kier molecular flexibility index (Phi) is 3.95. The van der Waals surface area contributed by atoms with E-state index in [0.717, 1.165) is 23.4 Å². The molecule has 0 amide bonds. The molecule has 5 heteroatoms. The molecule has 0 aliphatic heterocycles. The molecule has 2 rings (SSSR count). The molecule has 0 atom stereocenters. The van der Waals surface area contributed by atoms with Gasteiger partial charge in [0.1, 0.15) is 0 Å². The van der Waals surface area contributed by atoms with E-state index in [4.69, 9.17) is 4.74 Å². The van der Waals surface area contributed by atoms with E-state index in [1.165, 1.54) is 12.1 Å². The Morgan fingerprint density at radius 2 is 1.79 bits per heavy atom. The Bertz CT molecular complexity index is 528. The van der Waals surface area contributed by atoms with Crippen LogP contribution in [0.25, 0.3) is 11.3 Å². The van der Waals surface area contributed by atoms with Crippen LogP contribution in [0, 0.1) is 0 Å². The molecule has 1 aromatic carbocycles. The molecule has 0 spiro atoms. The van der Waals surface area contributed by atoms with E-state index < -0.39 is 11.7 Å². The van der Waals surface area contributed by atoms with Crippen molar-refractivity contribution in [2.24, 2.45) is 0 Å². The van der Waals surface area contributed by atoms with Gasteiger partial charge in [0.25, 0.3) is 0 Å². The van der Waals surface area contributed by atoms with Gasteiger partial charge in [0.2, 0.25) is 0 Å².